The van der Waals surface area contributed by atoms with E-state index in [9.17, 15) is 0 Å². The van der Waals surface area contributed by atoms with Crippen LogP contribution in [0.25, 0.3) is 0 Å². The van der Waals surface area contributed by atoms with Crippen LogP contribution in [0.2, 0.25) is 0 Å². The molecule has 88 valence electrons. The summed E-state index contributed by atoms with van der Waals surface area (Å²) in [6, 6.07) is 2.19. The van der Waals surface area contributed by atoms with Gasteiger partial charge < -0.3 is 10.2 Å². The second kappa shape index (κ2) is 5.19. The second-order valence-electron chi connectivity index (χ2n) is 4.54. The van der Waals surface area contributed by atoms with Crippen LogP contribution >= 0.6 is 0 Å². The molecule has 2 heterocycles. The Balaban J connectivity index is 2.10. The lowest BCUT2D eigenvalue weighted by molar-refractivity contribution is 0.404. The van der Waals surface area contributed by atoms with E-state index in [1.165, 1.54) is 38.0 Å². The maximum atomic E-state index is 4.28. The van der Waals surface area contributed by atoms with Crippen LogP contribution in [0.3, 0.4) is 0 Å². The molecular formula is C13H21N3. The van der Waals surface area contributed by atoms with Gasteiger partial charge in [0.1, 0.15) is 0 Å². The van der Waals surface area contributed by atoms with Crippen LogP contribution in [0.1, 0.15) is 26.2 Å². The number of aromatic nitrogens is 1. The Labute approximate surface area is 97.9 Å². The molecule has 0 amide bonds. The molecule has 1 aliphatic heterocycles. The third kappa shape index (κ3) is 2.46. The monoisotopic (exact) mass is 219 g/mol. The highest BCUT2D eigenvalue weighted by atomic mass is 15.1. The van der Waals surface area contributed by atoms with E-state index in [0.29, 0.717) is 0 Å². The van der Waals surface area contributed by atoms with Gasteiger partial charge in [0.05, 0.1) is 23.8 Å². The van der Waals surface area contributed by atoms with E-state index < -0.39 is 0 Å². The van der Waals surface area contributed by atoms with Gasteiger partial charge in [-0.05, 0) is 24.8 Å². The molecular weight excluding hydrogens is 198 g/mol. The predicted molar refractivity (Wildman–Crippen MR) is 69.0 cm³/mol. The molecule has 1 unspecified atom stereocenters. The van der Waals surface area contributed by atoms with Crippen molar-refractivity contribution in [3.05, 3.63) is 18.5 Å². The van der Waals surface area contributed by atoms with Crippen molar-refractivity contribution in [3.63, 3.8) is 0 Å². The van der Waals surface area contributed by atoms with Crippen molar-refractivity contribution in [2.75, 3.05) is 30.4 Å². The molecule has 0 radical (unpaired) electrons. The summed E-state index contributed by atoms with van der Waals surface area (Å²) >= 11 is 0. The highest BCUT2D eigenvalue weighted by Crippen LogP contribution is 2.25. The Morgan fingerprint density at radius 1 is 1.50 bits per heavy atom. The Morgan fingerprint density at radius 3 is 3.12 bits per heavy atom. The molecule has 0 aliphatic carbocycles. The summed E-state index contributed by atoms with van der Waals surface area (Å²) in [6.07, 6.45) is 7.81. The van der Waals surface area contributed by atoms with Gasteiger partial charge in [0.2, 0.25) is 0 Å². The van der Waals surface area contributed by atoms with Crippen molar-refractivity contribution >= 4 is 11.4 Å². The maximum Gasteiger partial charge on any atom is 0.0573 e. The van der Waals surface area contributed by atoms with Crippen LogP contribution in [-0.4, -0.2) is 25.1 Å². The second-order valence-corrected chi connectivity index (χ2v) is 4.54. The Hall–Kier alpha value is -1.25. The highest BCUT2D eigenvalue weighted by molar-refractivity contribution is 5.55. The van der Waals surface area contributed by atoms with Crippen molar-refractivity contribution < 1.29 is 0 Å². The average molecular weight is 219 g/mol. The van der Waals surface area contributed by atoms with Crippen LogP contribution in [-0.2, 0) is 0 Å². The summed E-state index contributed by atoms with van der Waals surface area (Å²) < 4.78 is 0. The lowest BCUT2D eigenvalue weighted by Gasteiger charge is -2.33. The standard InChI is InChI=1S/C13H21N3/c1-3-11-5-4-6-16(10-11)13-7-12(14-2)8-15-9-13/h7-9,11,14H,3-6,10H2,1-2H3. The fourth-order valence-electron chi connectivity index (χ4n) is 2.37. The molecule has 0 bridgehead atoms. The number of hydrogen-bond donors (Lipinski definition) is 1. The molecule has 3 heteroatoms. The smallest absolute Gasteiger partial charge is 0.0573 e. The molecule has 1 saturated heterocycles. The first-order chi connectivity index (χ1) is 7.83. The zero-order valence-corrected chi connectivity index (χ0v) is 10.2. The van der Waals surface area contributed by atoms with Gasteiger partial charge >= 0.3 is 0 Å². The zero-order valence-electron chi connectivity index (χ0n) is 10.2. The minimum atomic E-state index is 0.854. The minimum absolute atomic E-state index is 0.854. The third-order valence-corrected chi connectivity index (χ3v) is 3.47. The number of hydrogen-bond acceptors (Lipinski definition) is 3. The predicted octanol–water partition coefficient (Wildman–Crippen LogP) is 2.75. The van der Waals surface area contributed by atoms with Crippen molar-refractivity contribution in [1.82, 2.24) is 4.98 Å². The van der Waals surface area contributed by atoms with Crippen LogP contribution < -0.4 is 10.2 Å². The number of nitrogens with one attached hydrogen (secondary N) is 1. The molecule has 3 nitrogen and oxygen atoms in total. The summed E-state index contributed by atoms with van der Waals surface area (Å²) in [5.74, 6) is 0.854. The Kier molecular flexibility index (Phi) is 3.65. The first-order valence-electron chi connectivity index (χ1n) is 6.21. The van der Waals surface area contributed by atoms with Gasteiger partial charge in [0.25, 0.3) is 0 Å². The fraction of sp³-hybridized carbons (Fsp3) is 0.615. The van der Waals surface area contributed by atoms with Gasteiger partial charge in [0, 0.05) is 20.1 Å². The summed E-state index contributed by atoms with van der Waals surface area (Å²) in [7, 11) is 1.94. The van der Waals surface area contributed by atoms with E-state index in [-0.39, 0.29) is 0 Å². The van der Waals surface area contributed by atoms with E-state index in [1.54, 1.807) is 0 Å². The van der Waals surface area contributed by atoms with Gasteiger partial charge in [-0.3, -0.25) is 4.98 Å². The maximum absolute atomic E-state index is 4.28. The third-order valence-electron chi connectivity index (χ3n) is 3.47. The molecule has 0 aromatic carbocycles. The lowest BCUT2D eigenvalue weighted by Crippen LogP contribution is -2.35. The van der Waals surface area contributed by atoms with Crippen molar-refractivity contribution in [2.24, 2.45) is 5.92 Å². The zero-order chi connectivity index (χ0) is 11.4. The minimum Gasteiger partial charge on any atom is -0.387 e. The first kappa shape index (κ1) is 11.2. The van der Waals surface area contributed by atoms with E-state index in [1.807, 2.05) is 19.4 Å². The number of rotatable bonds is 3. The molecule has 1 fully saturated rings. The van der Waals surface area contributed by atoms with Crippen molar-refractivity contribution in [3.8, 4) is 0 Å². The fourth-order valence-corrected chi connectivity index (χ4v) is 2.37. The van der Waals surface area contributed by atoms with Gasteiger partial charge in [-0.2, -0.15) is 0 Å². The Bertz CT molecular complexity index is 338. The van der Waals surface area contributed by atoms with Gasteiger partial charge in [-0.25, -0.2) is 0 Å². The highest BCUT2D eigenvalue weighted by Gasteiger charge is 2.18. The molecule has 1 aromatic heterocycles. The largest absolute Gasteiger partial charge is 0.387 e. The van der Waals surface area contributed by atoms with Gasteiger partial charge in [-0.15, -0.1) is 0 Å². The van der Waals surface area contributed by atoms with E-state index in [4.69, 9.17) is 0 Å². The van der Waals surface area contributed by atoms with Crippen LogP contribution in [0, 0.1) is 5.92 Å². The molecule has 1 N–H and O–H groups in total. The molecule has 1 aromatic rings. The number of pyridine rings is 1. The van der Waals surface area contributed by atoms with Gasteiger partial charge in [0.15, 0.2) is 0 Å². The number of nitrogens with zero attached hydrogens (tertiary/aromatic N) is 2. The lowest BCUT2D eigenvalue weighted by atomic mass is 9.95. The molecule has 1 aliphatic rings. The molecule has 0 saturated carbocycles. The normalized spacial score (nSPS) is 20.9. The SMILES string of the molecule is CCC1CCCN(c2cncc(NC)c2)C1. The summed E-state index contributed by atoms with van der Waals surface area (Å²) in [5, 5.41) is 3.14. The summed E-state index contributed by atoms with van der Waals surface area (Å²) in [4.78, 5) is 6.74. The van der Waals surface area contributed by atoms with Gasteiger partial charge in [-0.1, -0.05) is 13.3 Å². The van der Waals surface area contributed by atoms with E-state index in [0.717, 1.165) is 11.6 Å². The Morgan fingerprint density at radius 2 is 2.38 bits per heavy atom. The first-order valence-corrected chi connectivity index (χ1v) is 6.21. The van der Waals surface area contributed by atoms with Crippen LogP contribution in [0.4, 0.5) is 11.4 Å². The van der Waals surface area contributed by atoms with Crippen LogP contribution in [0.15, 0.2) is 18.5 Å². The molecule has 0 spiro atoms. The van der Waals surface area contributed by atoms with E-state index >= 15 is 0 Å². The van der Waals surface area contributed by atoms with E-state index in [2.05, 4.69) is 28.2 Å². The molecule has 2 rings (SSSR count). The average Bonchev–Trinajstić information content (AvgIpc) is 2.39. The summed E-state index contributed by atoms with van der Waals surface area (Å²) in [5.41, 5.74) is 2.35. The summed E-state index contributed by atoms with van der Waals surface area (Å²) in [6.45, 7) is 4.65. The molecule has 1 atom stereocenters. The van der Waals surface area contributed by atoms with Crippen molar-refractivity contribution in [1.29, 1.82) is 0 Å². The number of anilines is 2. The van der Waals surface area contributed by atoms with Crippen molar-refractivity contribution in [2.45, 2.75) is 26.2 Å². The topological polar surface area (TPSA) is 28.2 Å². The molecule has 16 heavy (non-hydrogen) atoms. The quantitative estimate of drug-likeness (QED) is 0.847. The number of piperidine rings is 1. The van der Waals surface area contributed by atoms with Crippen LogP contribution in [0.5, 0.6) is 0 Å².